The second-order valence-corrected chi connectivity index (χ2v) is 11.7. The summed E-state index contributed by atoms with van der Waals surface area (Å²) in [7, 11) is 0. The third-order valence-electron chi connectivity index (χ3n) is 7.58. The molecule has 2 aromatic heterocycles. The Morgan fingerprint density at radius 3 is 1.83 bits per heavy atom. The molecule has 0 amide bonds. The van der Waals surface area contributed by atoms with Crippen LogP contribution in [0.1, 0.15) is 22.5 Å². The van der Waals surface area contributed by atoms with Crippen molar-refractivity contribution >= 4 is 34.3 Å². The smallest absolute Gasteiger partial charge is 0.170 e. The lowest BCUT2D eigenvalue weighted by atomic mass is 9.77. The number of hydrogen-bond donors (Lipinski definition) is 0. The van der Waals surface area contributed by atoms with Crippen molar-refractivity contribution in [2.24, 2.45) is 0 Å². The predicted octanol–water partition coefficient (Wildman–Crippen LogP) is 8.93. The zero-order valence-electron chi connectivity index (χ0n) is 22.7. The molecule has 0 saturated heterocycles. The first kappa shape index (κ1) is 26.3. The minimum absolute atomic E-state index is 0.556. The number of hydrogen-bond acceptors (Lipinski definition) is 3. The minimum Gasteiger partial charge on any atom is -0.340 e. The SMILES string of the molecule is Clc1ccc(Sc2cccc3c2ccn3Cc2ncn(C(c3ccccc3)(c3ccccc3)c3ccccc3)n2)cc1. The molecule has 2 heterocycles. The molecule has 0 radical (unpaired) electrons. The van der Waals surface area contributed by atoms with Crippen molar-refractivity contribution in [2.75, 3.05) is 0 Å². The van der Waals surface area contributed by atoms with Gasteiger partial charge in [0.15, 0.2) is 5.82 Å². The second-order valence-electron chi connectivity index (χ2n) is 10.1. The summed E-state index contributed by atoms with van der Waals surface area (Å²) in [6.07, 6.45) is 3.99. The molecular weight excluding hydrogens is 556 g/mol. The van der Waals surface area contributed by atoms with E-state index in [9.17, 15) is 0 Å². The third kappa shape index (κ3) is 4.81. The van der Waals surface area contributed by atoms with Gasteiger partial charge in [-0.25, -0.2) is 9.67 Å². The van der Waals surface area contributed by atoms with E-state index >= 15 is 0 Å². The van der Waals surface area contributed by atoms with Crippen LogP contribution in [0.15, 0.2) is 162 Å². The zero-order valence-corrected chi connectivity index (χ0v) is 24.3. The Kier molecular flexibility index (Phi) is 7.12. The largest absolute Gasteiger partial charge is 0.340 e. The van der Waals surface area contributed by atoms with Crippen molar-refractivity contribution in [3.63, 3.8) is 0 Å². The Morgan fingerprint density at radius 1 is 0.643 bits per heavy atom. The molecule has 0 unspecified atom stereocenters. The molecule has 0 aliphatic heterocycles. The first-order valence-electron chi connectivity index (χ1n) is 13.8. The molecule has 5 aromatic carbocycles. The van der Waals surface area contributed by atoms with Gasteiger partial charge in [-0.2, -0.15) is 5.10 Å². The van der Waals surface area contributed by atoms with Crippen LogP contribution in [0.5, 0.6) is 0 Å². The molecule has 0 aliphatic carbocycles. The third-order valence-corrected chi connectivity index (χ3v) is 8.92. The molecule has 6 heteroatoms. The van der Waals surface area contributed by atoms with E-state index in [1.807, 2.05) is 41.3 Å². The Labute approximate surface area is 254 Å². The molecule has 0 atom stereocenters. The molecule has 0 bridgehead atoms. The maximum absolute atomic E-state index is 6.10. The molecule has 4 nitrogen and oxygen atoms in total. The van der Waals surface area contributed by atoms with Crippen molar-refractivity contribution in [3.05, 3.63) is 180 Å². The van der Waals surface area contributed by atoms with Gasteiger partial charge < -0.3 is 4.57 Å². The fourth-order valence-electron chi connectivity index (χ4n) is 5.67. The van der Waals surface area contributed by atoms with E-state index in [4.69, 9.17) is 21.7 Å². The van der Waals surface area contributed by atoms with Crippen molar-refractivity contribution in [2.45, 2.75) is 21.9 Å². The van der Waals surface area contributed by atoms with Crippen molar-refractivity contribution in [1.29, 1.82) is 0 Å². The summed E-state index contributed by atoms with van der Waals surface area (Å²) in [5.74, 6) is 0.746. The standard InChI is InChI=1S/C36H27ClN4S/c37-30-19-21-31(22-20-30)42-34-18-10-17-33-32(34)23-24-40(33)25-35-38-26-41(39-35)36(27-11-4-1-5-12-27,28-13-6-2-7-14-28)29-15-8-3-9-16-29/h1-24,26H,25H2. The lowest BCUT2D eigenvalue weighted by Crippen LogP contribution is -2.38. The van der Waals surface area contributed by atoms with E-state index in [1.165, 1.54) is 10.3 Å². The van der Waals surface area contributed by atoms with Crippen molar-refractivity contribution in [1.82, 2.24) is 19.3 Å². The summed E-state index contributed by atoms with van der Waals surface area (Å²) in [5, 5.41) is 7.10. The van der Waals surface area contributed by atoms with Crippen LogP contribution < -0.4 is 0 Å². The average molecular weight is 583 g/mol. The van der Waals surface area contributed by atoms with Gasteiger partial charge in [0, 0.05) is 31.9 Å². The Morgan fingerprint density at radius 2 is 1.24 bits per heavy atom. The fraction of sp³-hybridized carbons (Fsp3) is 0.0556. The van der Waals surface area contributed by atoms with Gasteiger partial charge in [0.05, 0.1) is 6.54 Å². The Balaban J connectivity index is 1.29. The van der Waals surface area contributed by atoms with Crippen LogP contribution in [0.2, 0.25) is 5.02 Å². The van der Waals surface area contributed by atoms with Crippen LogP contribution in [-0.4, -0.2) is 19.3 Å². The monoisotopic (exact) mass is 582 g/mol. The highest BCUT2D eigenvalue weighted by molar-refractivity contribution is 7.99. The highest BCUT2D eigenvalue weighted by Gasteiger charge is 2.39. The van der Waals surface area contributed by atoms with E-state index in [0.717, 1.165) is 37.9 Å². The molecule has 0 saturated carbocycles. The van der Waals surface area contributed by atoms with Gasteiger partial charge in [-0.1, -0.05) is 120 Å². The minimum atomic E-state index is -0.684. The van der Waals surface area contributed by atoms with Gasteiger partial charge in [0.25, 0.3) is 0 Å². The number of nitrogens with zero attached hydrogens (tertiary/aromatic N) is 4. The number of fused-ring (bicyclic) bond motifs is 1. The fourth-order valence-corrected chi connectivity index (χ4v) is 6.75. The van der Waals surface area contributed by atoms with Gasteiger partial charge >= 0.3 is 0 Å². The maximum atomic E-state index is 6.10. The van der Waals surface area contributed by atoms with Crippen LogP contribution in [0.25, 0.3) is 10.9 Å². The van der Waals surface area contributed by atoms with Crippen LogP contribution in [0, 0.1) is 0 Å². The first-order valence-corrected chi connectivity index (χ1v) is 15.0. The molecule has 0 N–H and O–H groups in total. The summed E-state index contributed by atoms with van der Waals surface area (Å²) in [5.41, 5.74) is 3.82. The van der Waals surface area contributed by atoms with Gasteiger partial charge in [-0.15, -0.1) is 0 Å². The van der Waals surface area contributed by atoms with Gasteiger partial charge in [0.1, 0.15) is 11.9 Å². The van der Waals surface area contributed by atoms with Crippen LogP contribution in [-0.2, 0) is 12.1 Å². The first-order chi connectivity index (χ1) is 20.7. The van der Waals surface area contributed by atoms with Crippen LogP contribution in [0.4, 0.5) is 0 Å². The van der Waals surface area contributed by atoms with E-state index in [1.54, 1.807) is 11.8 Å². The summed E-state index contributed by atoms with van der Waals surface area (Å²) in [6, 6.07) is 48.2. The molecule has 7 aromatic rings. The molecule has 7 rings (SSSR count). The summed E-state index contributed by atoms with van der Waals surface area (Å²) in [6.45, 7) is 0.556. The molecule has 0 fully saturated rings. The quantitative estimate of drug-likeness (QED) is 0.168. The van der Waals surface area contributed by atoms with Gasteiger partial charge in [0.2, 0.25) is 0 Å². The van der Waals surface area contributed by atoms with E-state index in [0.29, 0.717) is 6.54 Å². The predicted molar refractivity (Wildman–Crippen MR) is 171 cm³/mol. The summed E-state index contributed by atoms with van der Waals surface area (Å²) in [4.78, 5) is 7.20. The second kappa shape index (κ2) is 11.4. The van der Waals surface area contributed by atoms with E-state index in [2.05, 4.69) is 120 Å². The lowest BCUT2D eigenvalue weighted by molar-refractivity contribution is 0.454. The number of benzene rings is 5. The maximum Gasteiger partial charge on any atom is 0.170 e. The molecule has 0 spiro atoms. The number of rotatable bonds is 8. The van der Waals surface area contributed by atoms with E-state index < -0.39 is 5.54 Å². The topological polar surface area (TPSA) is 35.6 Å². The molecule has 204 valence electrons. The number of halogens is 1. The summed E-state index contributed by atoms with van der Waals surface area (Å²) >= 11 is 7.84. The molecule has 42 heavy (non-hydrogen) atoms. The summed E-state index contributed by atoms with van der Waals surface area (Å²) < 4.78 is 4.24. The number of aromatic nitrogens is 4. The van der Waals surface area contributed by atoms with Crippen LogP contribution in [0.3, 0.4) is 0 Å². The van der Waals surface area contributed by atoms with Crippen LogP contribution >= 0.6 is 23.4 Å². The van der Waals surface area contributed by atoms with Crippen molar-refractivity contribution in [3.8, 4) is 0 Å². The van der Waals surface area contributed by atoms with Crippen molar-refractivity contribution < 1.29 is 0 Å². The van der Waals surface area contributed by atoms with Gasteiger partial charge in [-0.05, 0) is 59.2 Å². The Bertz CT molecular complexity index is 1840. The van der Waals surface area contributed by atoms with E-state index in [-0.39, 0.29) is 0 Å². The Hall–Kier alpha value is -4.58. The molecular formula is C36H27ClN4S. The zero-order chi connectivity index (χ0) is 28.4. The normalized spacial score (nSPS) is 11.6. The van der Waals surface area contributed by atoms with Gasteiger partial charge in [-0.3, -0.25) is 0 Å². The lowest BCUT2D eigenvalue weighted by Gasteiger charge is -2.35. The molecule has 0 aliphatic rings. The highest BCUT2D eigenvalue weighted by Crippen LogP contribution is 2.40. The average Bonchev–Trinajstić information content (AvgIpc) is 3.69. The highest BCUT2D eigenvalue weighted by atomic mass is 35.5.